The molecule has 0 saturated carbocycles. The van der Waals surface area contributed by atoms with Crippen molar-refractivity contribution in [3.63, 3.8) is 0 Å². The highest BCUT2D eigenvalue weighted by atomic mass is 32.1. The Labute approximate surface area is 217 Å². The molecule has 3 N–H and O–H groups in total. The number of amides is 3. The standard InChI is InChI=1S/C27H25N5O4S/c1-16-7-6-8-17(2)23(16)29-26(34)28-20(13-18-9-4-3-5-10-18)24(33)30-27-32-31-25(37-27)19-11-12-21-22(14-19)36-15-35-21/h3-12,14,20H,13,15H2,1-2H3,(H2,28,29,34)(H,30,32,33)/t20-/m0/s1. The lowest BCUT2D eigenvalue weighted by Gasteiger charge is -2.19. The van der Waals surface area contributed by atoms with Gasteiger partial charge in [-0.1, -0.05) is 59.9 Å². The number of ether oxygens (including phenoxy) is 2. The number of fused-ring (bicyclic) bond motifs is 1. The van der Waals surface area contributed by atoms with Crippen LogP contribution in [0.5, 0.6) is 11.5 Å². The fourth-order valence-corrected chi connectivity index (χ4v) is 4.73. The van der Waals surface area contributed by atoms with Crippen molar-refractivity contribution in [3.8, 4) is 22.1 Å². The summed E-state index contributed by atoms with van der Waals surface area (Å²) >= 11 is 1.23. The smallest absolute Gasteiger partial charge is 0.319 e. The highest BCUT2D eigenvalue weighted by molar-refractivity contribution is 7.18. The van der Waals surface area contributed by atoms with Crippen LogP contribution in [-0.2, 0) is 11.2 Å². The monoisotopic (exact) mass is 515 g/mol. The maximum atomic E-state index is 13.3. The Bertz CT molecular complexity index is 1420. The molecule has 0 fully saturated rings. The van der Waals surface area contributed by atoms with Crippen LogP contribution in [0.4, 0.5) is 15.6 Å². The molecule has 9 nitrogen and oxygen atoms in total. The summed E-state index contributed by atoms with van der Waals surface area (Å²) in [5, 5.41) is 17.8. The van der Waals surface area contributed by atoms with E-state index in [0.29, 0.717) is 28.1 Å². The van der Waals surface area contributed by atoms with E-state index in [-0.39, 0.29) is 6.79 Å². The molecule has 4 aromatic rings. The predicted molar refractivity (Wildman–Crippen MR) is 142 cm³/mol. The minimum Gasteiger partial charge on any atom is -0.454 e. The number of para-hydroxylation sites is 1. The van der Waals surface area contributed by atoms with Gasteiger partial charge >= 0.3 is 6.03 Å². The van der Waals surface area contributed by atoms with Crippen molar-refractivity contribution in [1.29, 1.82) is 0 Å². The number of hydrogen-bond donors (Lipinski definition) is 3. The number of nitrogens with zero attached hydrogens (tertiary/aromatic N) is 2. The summed E-state index contributed by atoms with van der Waals surface area (Å²) in [7, 11) is 0. The number of hydrogen-bond acceptors (Lipinski definition) is 7. The van der Waals surface area contributed by atoms with Crippen LogP contribution >= 0.6 is 11.3 Å². The van der Waals surface area contributed by atoms with Crippen LogP contribution in [0, 0.1) is 13.8 Å². The summed E-state index contributed by atoms with van der Waals surface area (Å²) in [5.74, 6) is 0.921. The van der Waals surface area contributed by atoms with Gasteiger partial charge in [-0.2, -0.15) is 0 Å². The average Bonchev–Trinajstić information content (AvgIpc) is 3.56. The van der Waals surface area contributed by atoms with Gasteiger partial charge in [-0.05, 0) is 48.7 Å². The molecule has 0 bridgehead atoms. The number of carbonyl (C=O) groups excluding carboxylic acids is 2. The van der Waals surface area contributed by atoms with Gasteiger partial charge in [0.25, 0.3) is 0 Å². The Kier molecular flexibility index (Phi) is 7.00. The van der Waals surface area contributed by atoms with Crippen molar-refractivity contribution in [3.05, 3.63) is 83.4 Å². The number of carbonyl (C=O) groups is 2. The maximum Gasteiger partial charge on any atom is 0.319 e. The molecule has 188 valence electrons. The second-order valence-electron chi connectivity index (χ2n) is 8.58. The number of aromatic nitrogens is 2. The zero-order valence-corrected chi connectivity index (χ0v) is 21.1. The zero-order chi connectivity index (χ0) is 25.8. The van der Waals surface area contributed by atoms with E-state index in [9.17, 15) is 9.59 Å². The normalized spacial score (nSPS) is 12.6. The zero-order valence-electron chi connectivity index (χ0n) is 20.3. The SMILES string of the molecule is Cc1cccc(C)c1NC(=O)N[C@@H](Cc1ccccc1)C(=O)Nc1nnc(-c2ccc3c(c2)OCO3)s1. The van der Waals surface area contributed by atoms with E-state index in [2.05, 4.69) is 26.1 Å². The summed E-state index contributed by atoms with van der Waals surface area (Å²) in [6.45, 7) is 4.02. The molecular formula is C27H25N5O4S. The second kappa shape index (κ2) is 10.7. The van der Waals surface area contributed by atoms with Gasteiger partial charge in [0.15, 0.2) is 11.5 Å². The Morgan fingerprint density at radius 1 is 0.919 bits per heavy atom. The number of benzene rings is 3. The lowest BCUT2D eigenvalue weighted by Crippen LogP contribution is -2.47. The van der Waals surface area contributed by atoms with Gasteiger partial charge in [0.05, 0.1) is 0 Å². The minimum absolute atomic E-state index is 0.184. The number of urea groups is 1. The average molecular weight is 516 g/mol. The molecule has 37 heavy (non-hydrogen) atoms. The third kappa shape index (κ3) is 5.70. The van der Waals surface area contributed by atoms with E-state index in [1.807, 2.05) is 80.6 Å². The lowest BCUT2D eigenvalue weighted by atomic mass is 10.1. The van der Waals surface area contributed by atoms with Gasteiger partial charge in [-0.15, -0.1) is 10.2 Å². The van der Waals surface area contributed by atoms with Gasteiger partial charge in [-0.3, -0.25) is 10.1 Å². The molecule has 0 saturated heterocycles. The summed E-state index contributed by atoms with van der Waals surface area (Å²) in [5.41, 5.74) is 4.30. The van der Waals surface area contributed by atoms with Crippen molar-refractivity contribution in [2.75, 3.05) is 17.4 Å². The molecule has 2 heterocycles. The van der Waals surface area contributed by atoms with E-state index >= 15 is 0 Å². The molecule has 1 aliphatic heterocycles. The van der Waals surface area contributed by atoms with E-state index in [0.717, 1.165) is 27.9 Å². The second-order valence-corrected chi connectivity index (χ2v) is 9.55. The van der Waals surface area contributed by atoms with Crippen LogP contribution < -0.4 is 25.4 Å². The number of anilines is 2. The Balaban J connectivity index is 1.31. The van der Waals surface area contributed by atoms with E-state index in [1.165, 1.54) is 11.3 Å². The highest BCUT2D eigenvalue weighted by Gasteiger charge is 2.24. The minimum atomic E-state index is -0.843. The largest absolute Gasteiger partial charge is 0.454 e. The first-order valence-electron chi connectivity index (χ1n) is 11.7. The van der Waals surface area contributed by atoms with Crippen molar-refractivity contribution < 1.29 is 19.1 Å². The predicted octanol–water partition coefficient (Wildman–Crippen LogP) is 4.92. The molecule has 0 aliphatic carbocycles. The maximum absolute atomic E-state index is 13.3. The molecule has 0 unspecified atom stereocenters. The Morgan fingerprint density at radius 2 is 1.68 bits per heavy atom. The molecule has 1 atom stereocenters. The van der Waals surface area contributed by atoms with E-state index < -0.39 is 18.0 Å². The van der Waals surface area contributed by atoms with Gasteiger partial charge in [-0.25, -0.2) is 4.79 Å². The number of aryl methyl sites for hydroxylation is 2. The fourth-order valence-electron chi connectivity index (χ4n) is 3.99. The summed E-state index contributed by atoms with van der Waals surface area (Å²) in [4.78, 5) is 26.2. The van der Waals surface area contributed by atoms with Crippen molar-refractivity contribution in [2.24, 2.45) is 0 Å². The molecule has 3 amide bonds. The first-order chi connectivity index (χ1) is 18.0. The summed E-state index contributed by atoms with van der Waals surface area (Å²) in [6.07, 6.45) is 0.306. The molecule has 10 heteroatoms. The first-order valence-corrected chi connectivity index (χ1v) is 12.5. The number of rotatable bonds is 7. The van der Waals surface area contributed by atoms with Crippen LogP contribution in [0.15, 0.2) is 66.7 Å². The van der Waals surface area contributed by atoms with E-state index in [4.69, 9.17) is 9.47 Å². The van der Waals surface area contributed by atoms with Gasteiger partial charge in [0, 0.05) is 17.7 Å². The van der Waals surface area contributed by atoms with Crippen LogP contribution in [0.25, 0.3) is 10.6 Å². The molecule has 3 aromatic carbocycles. The lowest BCUT2D eigenvalue weighted by molar-refractivity contribution is -0.117. The molecule has 1 aliphatic rings. The molecule has 5 rings (SSSR count). The summed E-state index contributed by atoms with van der Waals surface area (Å²) < 4.78 is 10.8. The van der Waals surface area contributed by atoms with Gasteiger partial charge < -0.3 is 20.1 Å². The third-order valence-corrected chi connectivity index (χ3v) is 6.79. The van der Waals surface area contributed by atoms with Gasteiger partial charge in [0.2, 0.25) is 17.8 Å². The van der Waals surface area contributed by atoms with Gasteiger partial charge in [0.1, 0.15) is 11.0 Å². The number of nitrogens with one attached hydrogen (secondary N) is 3. The highest BCUT2D eigenvalue weighted by Crippen LogP contribution is 2.37. The topological polar surface area (TPSA) is 114 Å². The first kappa shape index (κ1) is 24.3. The third-order valence-electron chi connectivity index (χ3n) is 5.90. The van der Waals surface area contributed by atoms with Crippen molar-refractivity contribution in [1.82, 2.24) is 15.5 Å². The van der Waals surface area contributed by atoms with Crippen LogP contribution in [0.2, 0.25) is 0 Å². The Hall–Kier alpha value is -4.44. The molecule has 0 radical (unpaired) electrons. The van der Waals surface area contributed by atoms with Crippen molar-refractivity contribution >= 4 is 34.1 Å². The van der Waals surface area contributed by atoms with E-state index in [1.54, 1.807) is 0 Å². The fraction of sp³-hybridized carbons (Fsp3) is 0.185. The van der Waals surface area contributed by atoms with Crippen LogP contribution in [0.1, 0.15) is 16.7 Å². The van der Waals surface area contributed by atoms with Crippen LogP contribution in [0.3, 0.4) is 0 Å². The van der Waals surface area contributed by atoms with Crippen molar-refractivity contribution in [2.45, 2.75) is 26.3 Å². The molecule has 0 spiro atoms. The Morgan fingerprint density at radius 3 is 2.46 bits per heavy atom. The van der Waals surface area contributed by atoms with Crippen LogP contribution in [-0.4, -0.2) is 35.0 Å². The quantitative estimate of drug-likeness (QED) is 0.322. The molecular weight excluding hydrogens is 490 g/mol. The summed E-state index contributed by atoms with van der Waals surface area (Å²) in [6, 6.07) is 19.5. The molecule has 1 aromatic heterocycles.